The summed E-state index contributed by atoms with van der Waals surface area (Å²) in [5, 5.41) is 0. The van der Waals surface area contributed by atoms with Gasteiger partial charge >= 0.3 is 0 Å². The third-order valence-corrected chi connectivity index (χ3v) is 0.870. The van der Waals surface area contributed by atoms with Crippen LogP contribution in [0.25, 0.3) is 0 Å². The summed E-state index contributed by atoms with van der Waals surface area (Å²) in [5.74, 6) is 0.345. The molecule has 0 saturated carbocycles. The fraction of sp³-hybridized carbons (Fsp3) is 0.500. The van der Waals surface area contributed by atoms with Crippen LogP contribution in [0.5, 0.6) is 0 Å². The zero-order valence-corrected chi connectivity index (χ0v) is 4.55. The van der Waals surface area contributed by atoms with Crippen LogP contribution in [0.15, 0.2) is 12.7 Å². The molecule has 1 nitrogen and oxygen atoms in total. The van der Waals surface area contributed by atoms with E-state index in [0.717, 1.165) is 6.29 Å². The van der Waals surface area contributed by atoms with Gasteiger partial charge in [-0.3, -0.25) is 0 Å². The Kier molecular flexibility index (Phi) is 3.29. The molecule has 0 rings (SSSR count). The molecule has 1 heteroatoms. The first-order chi connectivity index (χ1) is 3.31. The molecule has 0 saturated heterocycles. The smallest absolute Gasteiger partial charge is 0.120 e. The Balaban J connectivity index is 3.15. The Hall–Kier alpha value is -0.590. The van der Waals surface area contributed by atoms with E-state index in [1.807, 2.05) is 6.92 Å². The number of hydrogen-bond acceptors (Lipinski definition) is 1. The van der Waals surface area contributed by atoms with E-state index in [2.05, 4.69) is 6.58 Å². The van der Waals surface area contributed by atoms with Gasteiger partial charge in [-0.05, 0) is 5.92 Å². The van der Waals surface area contributed by atoms with Crippen LogP contribution in [0.1, 0.15) is 13.3 Å². The summed E-state index contributed by atoms with van der Waals surface area (Å²) < 4.78 is 0. The minimum atomic E-state index is 0.345. The van der Waals surface area contributed by atoms with Gasteiger partial charge in [-0.15, -0.1) is 6.58 Å². The summed E-state index contributed by atoms with van der Waals surface area (Å²) >= 11 is 0. The third kappa shape index (κ3) is 3.23. The lowest BCUT2D eigenvalue weighted by atomic mass is 10.1. The molecule has 0 aliphatic carbocycles. The second-order valence-corrected chi connectivity index (χ2v) is 1.62. The fourth-order valence-electron chi connectivity index (χ4n) is 0.248. The Morgan fingerprint density at radius 1 is 1.86 bits per heavy atom. The van der Waals surface area contributed by atoms with Crippen LogP contribution in [-0.2, 0) is 4.79 Å². The van der Waals surface area contributed by atoms with Crippen LogP contribution >= 0.6 is 0 Å². The Bertz CT molecular complexity index is 66.6. The average molecular weight is 98.1 g/mol. The zero-order chi connectivity index (χ0) is 5.70. The minimum Gasteiger partial charge on any atom is -0.303 e. The molecule has 7 heavy (non-hydrogen) atoms. The predicted octanol–water partition coefficient (Wildman–Crippen LogP) is 1.40. The van der Waals surface area contributed by atoms with Gasteiger partial charge in [0.1, 0.15) is 6.29 Å². The van der Waals surface area contributed by atoms with Crippen LogP contribution in [0.2, 0.25) is 0 Å². The lowest BCUT2D eigenvalue weighted by Crippen LogP contribution is -1.87. The summed E-state index contributed by atoms with van der Waals surface area (Å²) in [4.78, 5) is 9.73. The molecule has 0 aromatic heterocycles. The van der Waals surface area contributed by atoms with Crippen molar-refractivity contribution in [3.8, 4) is 0 Å². The summed E-state index contributed by atoms with van der Waals surface area (Å²) in [5.41, 5.74) is 0. The van der Waals surface area contributed by atoms with E-state index in [1.54, 1.807) is 6.08 Å². The minimum absolute atomic E-state index is 0.345. The molecule has 0 aliphatic rings. The molecule has 0 aliphatic heterocycles. The second kappa shape index (κ2) is 3.59. The van der Waals surface area contributed by atoms with Crippen molar-refractivity contribution in [3.63, 3.8) is 0 Å². The molecule has 0 amide bonds. The van der Waals surface area contributed by atoms with Gasteiger partial charge in [0, 0.05) is 6.42 Å². The first-order valence-corrected chi connectivity index (χ1v) is 2.37. The normalized spacial score (nSPS) is 12.7. The van der Waals surface area contributed by atoms with Crippen LogP contribution < -0.4 is 0 Å². The van der Waals surface area contributed by atoms with Crippen molar-refractivity contribution in [2.24, 2.45) is 5.92 Å². The summed E-state index contributed by atoms with van der Waals surface area (Å²) in [7, 11) is 0. The fourth-order valence-corrected chi connectivity index (χ4v) is 0.248. The monoisotopic (exact) mass is 98.1 g/mol. The van der Waals surface area contributed by atoms with E-state index in [0.29, 0.717) is 12.3 Å². The van der Waals surface area contributed by atoms with Gasteiger partial charge in [-0.2, -0.15) is 0 Å². The lowest BCUT2D eigenvalue weighted by molar-refractivity contribution is -0.108. The largest absolute Gasteiger partial charge is 0.303 e. The van der Waals surface area contributed by atoms with E-state index in [-0.39, 0.29) is 0 Å². The summed E-state index contributed by atoms with van der Waals surface area (Å²) in [6.45, 7) is 5.48. The molecule has 0 bridgehead atoms. The highest BCUT2D eigenvalue weighted by molar-refractivity contribution is 5.49. The van der Waals surface area contributed by atoms with Crippen molar-refractivity contribution < 1.29 is 4.79 Å². The lowest BCUT2D eigenvalue weighted by Gasteiger charge is -1.93. The van der Waals surface area contributed by atoms with Gasteiger partial charge in [0.15, 0.2) is 0 Å². The highest BCUT2D eigenvalue weighted by Crippen LogP contribution is 1.96. The number of allylic oxidation sites excluding steroid dienone is 1. The second-order valence-electron chi connectivity index (χ2n) is 1.62. The van der Waals surface area contributed by atoms with Gasteiger partial charge in [0.2, 0.25) is 0 Å². The van der Waals surface area contributed by atoms with Crippen molar-refractivity contribution in [3.05, 3.63) is 12.7 Å². The van der Waals surface area contributed by atoms with Crippen molar-refractivity contribution >= 4 is 6.29 Å². The molecule has 0 radical (unpaired) electrons. The van der Waals surface area contributed by atoms with Crippen molar-refractivity contribution in [2.45, 2.75) is 13.3 Å². The third-order valence-electron chi connectivity index (χ3n) is 0.870. The van der Waals surface area contributed by atoms with Crippen LogP contribution in [0.4, 0.5) is 0 Å². The SMILES string of the molecule is C=C[C@@H](C)CC=O. The first kappa shape index (κ1) is 6.41. The molecule has 40 valence electrons. The maximum Gasteiger partial charge on any atom is 0.120 e. The van der Waals surface area contributed by atoms with E-state index >= 15 is 0 Å². The zero-order valence-electron chi connectivity index (χ0n) is 4.55. The first-order valence-electron chi connectivity index (χ1n) is 2.37. The number of hydrogen-bond donors (Lipinski definition) is 0. The maximum atomic E-state index is 9.73. The molecule has 0 spiro atoms. The highest BCUT2D eigenvalue weighted by Gasteiger charge is 1.89. The van der Waals surface area contributed by atoms with Gasteiger partial charge in [-0.1, -0.05) is 13.0 Å². The maximum absolute atomic E-state index is 9.73. The van der Waals surface area contributed by atoms with Gasteiger partial charge < -0.3 is 4.79 Å². The average Bonchev–Trinajstić information content (AvgIpc) is 1.68. The van der Waals surface area contributed by atoms with Gasteiger partial charge in [0.25, 0.3) is 0 Å². The number of aldehydes is 1. The molecular weight excluding hydrogens is 88.1 g/mol. The van der Waals surface area contributed by atoms with Crippen molar-refractivity contribution in [2.75, 3.05) is 0 Å². The van der Waals surface area contributed by atoms with Crippen LogP contribution in [-0.4, -0.2) is 6.29 Å². The van der Waals surface area contributed by atoms with Crippen molar-refractivity contribution in [1.29, 1.82) is 0 Å². The van der Waals surface area contributed by atoms with Crippen molar-refractivity contribution in [1.82, 2.24) is 0 Å². The quantitative estimate of drug-likeness (QED) is 0.385. The standard InChI is InChI=1S/C6H10O/c1-3-6(2)4-5-7/h3,5-6H,1,4H2,2H3/t6-/m1/s1. The van der Waals surface area contributed by atoms with E-state index < -0.39 is 0 Å². The Morgan fingerprint density at radius 2 is 2.43 bits per heavy atom. The number of rotatable bonds is 3. The molecule has 0 aromatic carbocycles. The number of carbonyl (C=O) groups is 1. The Labute approximate surface area is 44.0 Å². The van der Waals surface area contributed by atoms with Gasteiger partial charge in [-0.25, -0.2) is 0 Å². The van der Waals surface area contributed by atoms with Crippen LogP contribution in [0, 0.1) is 5.92 Å². The molecule has 0 fully saturated rings. The molecule has 0 N–H and O–H groups in total. The predicted molar refractivity (Wildman–Crippen MR) is 30.0 cm³/mol. The molecule has 0 unspecified atom stereocenters. The number of carbonyl (C=O) groups excluding carboxylic acids is 1. The summed E-state index contributed by atoms with van der Waals surface area (Å²) in [6, 6.07) is 0. The van der Waals surface area contributed by atoms with Crippen LogP contribution in [0.3, 0.4) is 0 Å². The molecule has 0 aromatic rings. The van der Waals surface area contributed by atoms with E-state index in [4.69, 9.17) is 0 Å². The summed E-state index contributed by atoms with van der Waals surface area (Å²) in [6.07, 6.45) is 3.28. The Morgan fingerprint density at radius 3 is 2.57 bits per heavy atom. The topological polar surface area (TPSA) is 17.1 Å². The van der Waals surface area contributed by atoms with Gasteiger partial charge in [0.05, 0.1) is 0 Å². The highest BCUT2D eigenvalue weighted by atomic mass is 16.1. The van der Waals surface area contributed by atoms with E-state index in [1.165, 1.54) is 0 Å². The van der Waals surface area contributed by atoms with E-state index in [9.17, 15) is 4.79 Å². The molecule has 1 atom stereocenters. The molecule has 0 heterocycles. The molecular formula is C6H10O.